The number of ether oxygens (including phenoxy) is 1. The van der Waals surface area contributed by atoms with E-state index in [1.807, 2.05) is 46.8 Å². The Balaban J connectivity index is 2.98. The molecule has 0 saturated carbocycles. The third kappa shape index (κ3) is 3.47. The van der Waals surface area contributed by atoms with E-state index in [1.54, 1.807) is 7.11 Å². The van der Waals surface area contributed by atoms with Crippen LogP contribution >= 0.6 is 0 Å². The zero-order valence-electron chi connectivity index (χ0n) is 12.7. The molecule has 1 aromatic rings. The van der Waals surface area contributed by atoms with Gasteiger partial charge in [0.25, 0.3) is 0 Å². The van der Waals surface area contributed by atoms with Gasteiger partial charge in [0.05, 0.1) is 12.6 Å². The first-order chi connectivity index (χ1) is 8.83. The Morgan fingerprint density at radius 2 is 1.95 bits per heavy atom. The second kappa shape index (κ2) is 6.06. The van der Waals surface area contributed by atoms with E-state index in [4.69, 9.17) is 4.74 Å². The van der Waals surface area contributed by atoms with Crippen molar-refractivity contribution in [3.8, 4) is 5.75 Å². The van der Waals surface area contributed by atoms with Gasteiger partial charge in [-0.05, 0) is 45.9 Å². The van der Waals surface area contributed by atoms with Crippen LogP contribution in [0.25, 0.3) is 0 Å². The number of likely N-dealkylation sites (N-methyl/N-ethyl adjacent to an activating group) is 1. The number of methoxy groups -OCH3 is 1. The average molecular weight is 264 g/mol. The van der Waals surface area contributed by atoms with Crippen molar-refractivity contribution in [2.45, 2.75) is 40.2 Å². The summed E-state index contributed by atoms with van der Waals surface area (Å²) in [5.74, 6) is 0.766. The predicted octanol–water partition coefficient (Wildman–Crippen LogP) is 2.64. The van der Waals surface area contributed by atoms with E-state index in [9.17, 15) is 4.79 Å². The van der Waals surface area contributed by atoms with Gasteiger partial charge in [-0.25, -0.2) is 0 Å². The van der Waals surface area contributed by atoms with Crippen LogP contribution in [-0.4, -0.2) is 25.1 Å². The topological polar surface area (TPSA) is 50.4 Å². The number of hydrogen-bond donors (Lipinski definition) is 2. The van der Waals surface area contributed by atoms with E-state index in [-0.39, 0.29) is 5.91 Å². The summed E-state index contributed by atoms with van der Waals surface area (Å²) in [4.78, 5) is 12.2. The van der Waals surface area contributed by atoms with Crippen LogP contribution in [-0.2, 0) is 4.79 Å². The molecule has 106 valence electrons. The molecule has 0 atom stereocenters. The molecule has 4 heteroatoms. The van der Waals surface area contributed by atoms with Crippen LogP contribution in [0.1, 0.15) is 31.9 Å². The maximum absolute atomic E-state index is 12.2. The van der Waals surface area contributed by atoms with E-state index < -0.39 is 5.54 Å². The molecule has 2 N–H and O–H groups in total. The van der Waals surface area contributed by atoms with Crippen molar-refractivity contribution >= 4 is 11.6 Å². The van der Waals surface area contributed by atoms with E-state index in [2.05, 4.69) is 10.6 Å². The van der Waals surface area contributed by atoms with Gasteiger partial charge in [0, 0.05) is 11.3 Å². The molecule has 0 heterocycles. The van der Waals surface area contributed by atoms with Gasteiger partial charge in [0.15, 0.2) is 0 Å². The Morgan fingerprint density at radius 1 is 1.32 bits per heavy atom. The first-order valence-electron chi connectivity index (χ1n) is 6.54. The second-order valence-electron chi connectivity index (χ2n) is 5.20. The molecule has 0 aliphatic rings. The van der Waals surface area contributed by atoms with Crippen molar-refractivity contribution in [1.82, 2.24) is 5.32 Å². The van der Waals surface area contributed by atoms with E-state index in [0.717, 1.165) is 29.1 Å². The van der Waals surface area contributed by atoms with Crippen LogP contribution < -0.4 is 15.4 Å². The Hall–Kier alpha value is -1.55. The Morgan fingerprint density at radius 3 is 2.47 bits per heavy atom. The monoisotopic (exact) mass is 264 g/mol. The second-order valence-corrected chi connectivity index (χ2v) is 5.20. The van der Waals surface area contributed by atoms with Crippen molar-refractivity contribution in [2.24, 2.45) is 0 Å². The van der Waals surface area contributed by atoms with Crippen molar-refractivity contribution in [3.63, 3.8) is 0 Å². The summed E-state index contributed by atoms with van der Waals surface area (Å²) >= 11 is 0. The summed E-state index contributed by atoms with van der Waals surface area (Å²) in [6.07, 6.45) is 0. The van der Waals surface area contributed by atoms with Crippen LogP contribution in [0, 0.1) is 13.8 Å². The summed E-state index contributed by atoms with van der Waals surface area (Å²) in [6, 6.07) is 3.86. The van der Waals surface area contributed by atoms with Gasteiger partial charge < -0.3 is 15.4 Å². The molecule has 19 heavy (non-hydrogen) atoms. The minimum atomic E-state index is -0.598. The highest BCUT2D eigenvalue weighted by Crippen LogP contribution is 2.29. The first-order valence-corrected chi connectivity index (χ1v) is 6.54. The normalized spacial score (nSPS) is 11.3. The van der Waals surface area contributed by atoms with E-state index >= 15 is 0 Å². The van der Waals surface area contributed by atoms with Gasteiger partial charge in [-0.1, -0.05) is 13.0 Å². The number of amides is 1. The highest BCUT2D eigenvalue weighted by atomic mass is 16.5. The quantitative estimate of drug-likeness (QED) is 0.859. The van der Waals surface area contributed by atoms with Crippen molar-refractivity contribution in [3.05, 3.63) is 23.3 Å². The molecule has 1 aromatic carbocycles. The maximum Gasteiger partial charge on any atom is 0.244 e. The standard InChI is InChI=1S/C15H24N2O2/c1-7-16-15(4,5)14(18)17-12-9-8-10(2)13(19-6)11(12)3/h8-9,16H,7H2,1-6H3,(H,17,18). The molecular weight excluding hydrogens is 240 g/mol. The number of anilines is 1. The maximum atomic E-state index is 12.2. The number of aryl methyl sites for hydroxylation is 1. The third-order valence-corrected chi connectivity index (χ3v) is 3.24. The molecule has 0 aliphatic heterocycles. The van der Waals surface area contributed by atoms with Crippen LogP contribution in [0.2, 0.25) is 0 Å². The van der Waals surface area contributed by atoms with E-state index in [0.29, 0.717) is 0 Å². The summed E-state index contributed by atoms with van der Waals surface area (Å²) in [7, 11) is 1.64. The zero-order valence-corrected chi connectivity index (χ0v) is 12.7. The fourth-order valence-electron chi connectivity index (χ4n) is 2.08. The molecule has 1 amide bonds. The molecule has 1 rings (SSSR count). The predicted molar refractivity (Wildman–Crippen MR) is 78.9 cm³/mol. The minimum absolute atomic E-state index is 0.0524. The lowest BCUT2D eigenvalue weighted by Crippen LogP contribution is -2.49. The van der Waals surface area contributed by atoms with Crippen LogP contribution in [0.3, 0.4) is 0 Å². The lowest BCUT2D eigenvalue weighted by atomic mass is 10.0. The molecule has 0 radical (unpaired) electrons. The van der Waals surface area contributed by atoms with Gasteiger partial charge in [0.2, 0.25) is 5.91 Å². The lowest BCUT2D eigenvalue weighted by Gasteiger charge is -2.25. The zero-order chi connectivity index (χ0) is 14.6. The third-order valence-electron chi connectivity index (χ3n) is 3.24. The minimum Gasteiger partial charge on any atom is -0.496 e. The molecule has 0 aromatic heterocycles. The van der Waals surface area contributed by atoms with Gasteiger partial charge >= 0.3 is 0 Å². The van der Waals surface area contributed by atoms with Gasteiger partial charge in [-0.15, -0.1) is 0 Å². The molecule has 0 aliphatic carbocycles. The molecule has 0 spiro atoms. The molecular formula is C15H24N2O2. The van der Waals surface area contributed by atoms with Crippen molar-refractivity contribution < 1.29 is 9.53 Å². The smallest absolute Gasteiger partial charge is 0.244 e. The largest absolute Gasteiger partial charge is 0.496 e. The SMILES string of the molecule is CCNC(C)(C)C(=O)Nc1ccc(C)c(OC)c1C. The molecule has 4 nitrogen and oxygen atoms in total. The molecule has 0 unspecified atom stereocenters. The number of carbonyl (C=O) groups excluding carboxylic acids is 1. The van der Waals surface area contributed by atoms with E-state index in [1.165, 1.54) is 0 Å². The van der Waals surface area contributed by atoms with Crippen LogP contribution in [0.5, 0.6) is 5.75 Å². The van der Waals surface area contributed by atoms with Gasteiger partial charge in [0.1, 0.15) is 5.75 Å². The average Bonchev–Trinajstić information content (AvgIpc) is 2.33. The molecule has 0 fully saturated rings. The molecule has 0 saturated heterocycles. The number of nitrogens with one attached hydrogen (secondary N) is 2. The van der Waals surface area contributed by atoms with Crippen LogP contribution in [0.15, 0.2) is 12.1 Å². The summed E-state index contributed by atoms with van der Waals surface area (Å²) in [6.45, 7) is 10.4. The number of benzene rings is 1. The lowest BCUT2D eigenvalue weighted by molar-refractivity contribution is -0.121. The summed E-state index contributed by atoms with van der Waals surface area (Å²) < 4.78 is 5.36. The van der Waals surface area contributed by atoms with Crippen molar-refractivity contribution in [2.75, 3.05) is 19.0 Å². The fourth-order valence-corrected chi connectivity index (χ4v) is 2.08. The Labute approximate surface area is 115 Å². The fraction of sp³-hybridized carbons (Fsp3) is 0.533. The highest BCUT2D eigenvalue weighted by Gasteiger charge is 2.26. The summed E-state index contributed by atoms with van der Waals surface area (Å²) in [5, 5.41) is 6.11. The van der Waals surface area contributed by atoms with Crippen LogP contribution in [0.4, 0.5) is 5.69 Å². The number of rotatable bonds is 5. The van der Waals surface area contributed by atoms with Crippen molar-refractivity contribution in [1.29, 1.82) is 0 Å². The Bertz CT molecular complexity index is 467. The number of carbonyl (C=O) groups is 1. The first kappa shape index (κ1) is 15.5. The number of hydrogen-bond acceptors (Lipinski definition) is 3. The molecule has 0 bridgehead atoms. The highest BCUT2D eigenvalue weighted by molar-refractivity contribution is 5.98. The van der Waals surface area contributed by atoms with Gasteiger partial charge in [-0.2, -0.15) is 0 Å². The summed E-state index contributed by atoms with van der Waals surface area (Å²) in [5.41, 5.74) is 2.20. The van der Waals surface area contributed by atoms with Gasteiger partial charge in [-0.3, -0.25) is 4.79 Å². The Kier molecular flexibility index (Phi) is 4.95.